The highest BCUT2D eigenvalue weighted by molar-refractivity contribution is 6.00. The van der Waals surface area contributed by atoms with Gasteiger partial charge in [-0.25, -0.2) is 0 Å². The van der Waals surface area contributed by atoms with Gasteiger partial charge in [0.25, 0.3) is 5.91 Å². The van der Waals surface area contributed by atoms with Gasteiger partial charge in [-0.2, -0.15) is 0 Å². The largest absolute Gasteiger partial charge is 0.352 e. The molecule has 0 fully saturated rings. The topological polar surface area (TPSA) is 49.4 Å². The van der Waals surface area contributed by atoms with Crippen LogP contribution in [0.15, 0.2) is 42.5 Å². The average Bonchev–Trinajstić information content (AvgIpc) is 2.68. The quantitative estimate of drug-likeness (QED) is 0.843. The highest BCUT2D eigenvalue weighted by Crippen LogP contribution is 2.36. The first-order chi connectivity index (χ1) is 12.7. The maximum absolute atomic E-state index is 12.6. The maximum Gasteiger partial charge on any atom is 0.251 e. The molecule has 26 heavy (non-hydrogen) atoms. The van der Waals surface area contributed by atoms with Gasteiger partial charge in [-0.05, 0) is 60.9 Å². The number of rotatable bonds is 5. The third kappa shape index (κ3) is 3.36. The number of carbonyl (C=O) groups is 2. The van der Waals surface area contributed by atoms with E-state index in [-0.39, 0.29) is 11.8 Å². The van der Waals surface area contributed by atoms with Crippen molar-refractivity contribution in [1.29, 1.82) is 0 Å². The van der Waals surface area contributed by atoms with Crippen molar-refractivity contribution < 1.29 is 9.59 Å². The maximum atomic E-state index is 12.6. The van der Waals surface area contributed by atoms with Crippen molar-refractivity contribution in [1.82, 2.24) is 5.32 Å². The van der Waals surface area contributed by atoms with Crippen molar-refractivity contribution in [3.8, 4) is 0 Å². The molecule has 0 spiro atoms. The Morgan fingerprint density at radius 2 is 1.81 bits per heavy atom. The number of nitrogens with one attached hydrogen (secondary N) is 1. The molecule has 2 aromatic carbocycles. The number of amides is 2. The number of benzene rings is 2. The summed E-state index contributed by atoms with van der Waals surface area (Å²) in [5.74, 6) is 0.211. The van der Waals surface area contributed by atoms with Crippen LogP contribution in [0.5, 0.6) is 0 Å². The highest BCUT2D eigenvalue weighted by atomic mass is 16.2. The van der Waals surface area contributed by atoms with E-state index in [9.17, 15) is 9.59 Å². The van der Waals surface area contributed by atoms with Gasteiger partial charge in [-0.15, -0.1) is 0 Å². The molecule has 1 N–H and O–H groups in total. The Bertz CT molecular complexity index is 812. The average molecular weight is 348 g/mol. The van der Waals surface area contributed by atoms with Crippen LogP contribution in [0.4, 0.5) is 5.69 Å². The SMILES string of the molecule is O=C(NCCCc1ccccc1)c1cc2c3c(c1)CCC(=O)N3CCC2. The molecule has 0 aliphatic carbocycles. The number of hydrogen-bond donors (Lipinski definition) is 1. The number of anilines is 1. The third-order valence-electron chi connectivity index (χ3n) is 5.31. The summed E-state index contributed by atoms with van der Waals surface area (Å²) in [6.07, 6.45) is 5.10. The lowest BCUT2D eigenvalue weighted by Gasteiger charge is -2.35. The van der Waals surface area contributed by atoms with E-state index in [4.69, 9.17) is 0 Å². The van der Waals surface area contributed by atoms with Gasteiger partial charge in [0.1, 0.15) is 0 Å². The summed E-state index contributed by atoms with van der Waals surface area (Å²) in [5, 5.41) is 3.05. The summed E-state index contributed by atoms with van der Waals surface area (Å²) in [5.41, 5.74) is 5.40. The minimum absolute atomic E-state index is 0.00821. The fourth-order valence-corrected chi connectivity index (χ4v) is 4.03. The van der Waals surface area contributed by atoms with Gasteiger partial charge in [0.15, 0.2) is 0 Å². The fourth-order valence-electron chi connectivity index (χ4n) is 4.03. The van der Waals surface area contributed by atoms with Crippen LogP contribution in [0.3, 0.4) is 0 Å². The third-order valence-corrected chi connectivity index (χ3v) is 5.31. The minimum Gasteiger partial charge on any atom is -0.352 e. The lowest BCUT2D eigenvalue weighted by Crippen LogP contribution is -2.39. The van der Waals surface area contributed by atoms with Crippen LogP contribution in [0.2, 0.25) is 0 Å². The molecule has 4 nitrogen and oxygen atoms in total. The van der Waals surface area contributed by atoms with E-state index in [1.165, 1.54) is 5.56 Å². The van der Waals surface area contributed by atoms with Crippen molar-refractivity contribution in [2.45, 2.75) is 38.5 Å². The van der Waals surface area contributed by atoms with Gasteiger partial charge >= 0.3 is 0 Å². The molecule has 0 atom stereocenters. The number of nitrogens with zero attached hydrogens (tertiary/aromatic N) is 1. The molecule has 2 amide bonds. The second kappa shape index (κ2) is 7.32. The fraction of sp³-hybridized carbons (Fsp3) is 0.364. The van der Waals surface area contributed by atoms with Crippen molar-refractivity contribution in [3.05, 3.63) is 64.7 Å². The van der Waals surface area contributed by atoms with Gasteiger partial charge in [-0.3, -0.25) is 9.59 Å². The molecule has 0 radical (unpaired) electrons. The Morgan fingerprint density at radius 3 is 2.62 bits per heavy atom. The molecule has 2 aromatic rings. The molecule has 0 unspecified atom stereocenters. The molecular weight excluding hydrogens is 324 g/mol. The Balaban J connectivity index is 1.41. The van der Waals surface area contributed by atoms with Gasteiger partial charge in [0.05, 0.1) is 5.69 Å². The van der Waals surface area contributed by atoms with E-state index in [1.54, 1.807) is 0 Å². The highest BCUT2D eigenvalue weighted by Gasteiger charge is 2.30. The van der Waals surface area contributed by atoms with Crippen LogP contribution >= 0.6 is 0 Å². The van der Waals surface area contributed by atoms with Gasteiger partial charge in [0.2, 0.25) is 5.91 Å². The van der Waals surface area contributed by atoms with Crippen molar-refractivity contribution in [3.63, 3.8) is 0 Å². The van der Waals surface area contributed by atoms with Crippen LogP contribution in [-0.4, -0.2) is 24.9 Å². The Kier molecular flexibility index (Phi) is 4.74. The summed E-state index contributed by atoms with van der Waals surface area (Å²) in [6, 6.07) is 14.3. The first-order valence-corrected chi connectivity index (χ1v) is 9.50. The molecule has 4 rings (SSSR count). The van der Waals surface area contributed by atoms with E-state index < -0.39 is 0 Å². The molecule has 4 heteroatoms. The lowest BCUT2D eigenvalue weighted by molar-refractivity contribution is -0.119. The summed E-state index contributed by atoms with van der Waals surface area (Å²) in [4.78, 5) is 26.6. The van der Waals surface area contributed by atoms with E-state index in [0.717, 1.165) is 61.0 Å². The molecular formula is C22H24N2O2. The number of carbonyl (C=O) groups excluding carboxylic acids is 2. The number of hydrogen-bond acceptors (Lipinski definition) is 2. The summed E-state index contributed by atoms with van der Waals surface area (Å²) < 4.78 is 0. The lowest BCUT2D eigenvalue weighted by atomic mass is 9.89. The van der Waals surface area contributed by atoms with Crippen molar-refractivity contribution in [2.24, 2.45) is 0 Å². The predicted octanol–water partition coefficient (Wildman–Crippen LogP) is 3.27. The van der Waals surface area contributed by atoms with Gasteiger partial charge in [0, 0.05) is 25.1 Å². The zero-order valence-electron chi connectivity index (χ0n) is 15.0. The Labute approximate surface area is 154 Å². The summed E-state index contributed by atoms with van der Waals surface area (Å²) in [6.45, 7) is 1.48. The molecule has 2 aliphatic rings. The Hall–Kier alpha value is -2.62. The first kappa shape index (κ1) is 16.8. The summed E-state index contributed by atoms with van der Waals surface area (Å²) in [7, 11) is 0. The number of aryl methyl sites for hydroxylation is 3. The van der Waals surface area contributed by atoms with Crippen LogP contribution in [-0.2, 0) is 24.1 Å². The zero-order chi connectivity index (χ0) is 17.9. The van der Waals surface area contributed by atoms with E-state index in [0.29, 0.717) is 13.0 Å². The molecule has 0 bridgehead atoms. The predicted molar refractivity (Wildman–Crippen MR) is 103 cm³/mol. The second-order valence-electron chi connectivity index (χ2n) is 7.14. The van der Waals surface area contributed by atoms with Gasteiger partial charge < -0.3 is 10.2 Å². The standard InChI is InChI=1S/C22H24N2O2/c25-20-11-10-18-15-19(14-17-9-5-13-24(20)21(17)18)22(26)23-12-4-8-16-6-2-1-3-7-16/h1-3,6-7,14-15H,4-5,8-13H2,(H,23,26). The van der Waals surface area contributed by atoms with Gasteiger partial charge in [-0.1, -0.05) is 30.3 Å². The first-order valence-electron chi connectivity index (χ1n) is 9.50. The van der Waals surface area contributed by atoms with E-state index in [2.05, 4.69) is 17.4 Å². The molecule has 2 heterocycles. The van der Waals surface area contributed by atoms with Crippen molar-refractivity contribution >= 4 is 17.5 Å². The normalized spacial score (nSPS) is 15.5. The molecule has 2 aliphatic heterocycles. The van der Waals surface area contributed by atoms with Crippen LogP contribution in [0, 0.1) is 0 Å². The Morgan fingerprint density at radius 1 is 1.04 bits per heavy atom. The van der Waals surface area contributed by atoms with Crippen LogP contribution in [0.1, 0.15) is 46.3 Å². The second-order valence-corrected chi connectivity index (χ2v) is 7.14. The summed E-state index contributed by atoms with van der Waals surface area (Å²) >= 11 is 0. The molecule has 0 aromatic heterocycles. The molecule has 0 saturated carbocycles. The monoisotopic (exact) mass is 348 g/mol. The van der Waals surface area contributed by atoms with Crippen LogP contribution in [0.25, 0.3) is 0 Å². The molecule has 134 valence electrons. The van der Waals surface area contributed by atoms with Crippen molar-refractivity contribution in [2.75, 3.05) is 18.0 Å². The van der Waals surface area contributed by atoms with Crippen LogP contribution < -0.4 is 10.2 Å². The minimum atomic E-state index is -0.00821. The smallest absolute Gasteiger partial charge is 0.251 e. The zero-order valence-corrected chi connectivity index (χ0v) is 15.0. The van der Waals surface area contributed by atoms with E-state index >= 15 is 0 Å². The molecule has 0 saturated heterocycles. The van der Waals surface area contributed by atoms with E-state index in [1.807, 2.05) is 35.2 Å².